The van der Waals surface area contributed by atoms with Crippen LogP contribution in [0.3, 0.4) is 0 Å². The Labute approximate surface area is 109 Å². The molecule has 100 valence electrons. The second-order valence-electron chi connectivity index (χ2n) is 4.74. The molecule has 0 aliphatic heterocycles. The average Bonchev–Trinajstić information content (AvgIpc) is 2.32. The quantitative estimate of drug-likeness (QED) is 0.690. The number of aliphatic hydroxyl groups excluding tert-OH is 1. The summed E-state index contributed by atoms with van der Waals surface area (Å²) in [5, 5.41) is 12.7. The smallest absolute Gasteiger partial charge is 0.221 e. The topological polar surface area (TPSA) is 49.3 Å². The first kappa shape index (κ1) is 14.8. The highest BCUT2D eigenvalue weighted by Gasteiger charge is 2.23. The van der Waals surface area contributed by atoms with Crippen molar-refractivity contribution in [1.29, 1.82) is 0 Å². The molecule has 1 amide bonds. The Kier molecular flexibility index (Phi) is 7.69. The molecule has 0 bridgehead atoms. The molecule has 1 rings (SSSR count). The van der Waals surface area contributed by atoms with Crippen LogP contribution in [0, 0.1) is 0 Å². The zero-order chi connectivity index (χ0) is 12.5. The number of thioether (sulfide) groups is 1. The minimum absolute atomic E-state index is 0.00288. The van der Waals surface area contributed by atoms with Gasteiger partial charge < -0.3 is 10.4 Å². The van der Waals surface area contributed by atoms with Gasteiger partial charge in [0, 0.05) is 12.2 Å². The number of unbranched alkanes of at least 4 members (excludes halogenated alkanes) is 1. The maximum atomic E-state index is 11.7. The zero-order valence-electron chi connectivity index (χ0n) is 10.8. The molecule has 2 atom stereocenters. The number of hydrogen-bond acceptors (Lipinski definition) is 3. The predicted molar refractivity (Wildman–Crippen MR) is 73.3 cm³/mol. The number of aliphatic hydroxyl groups is 1. The third kappa shape index (κ3) is 6.32. The number of carbonyl (C=O) groups excluding carboxylic acids is 1. The summed E-state index contributed by atoms with van der Waals surface area (Å²) in [6.07, 6.45) is 6.65. The van der Waals surface area contributed by atoms with Crippen molar-refractivity contribution in [3.05, 3.63) is 0 Å². The number of rotatable bonds is 7. The van der Waals surface area contributed by atoms with Gasteiger partial charge in [0.1, 0.15) is 0 Å². The predicted octanol–water partition coefficient (Wildman–Crippen LogP) is 2.33. The Morgan fingerprint density at radius 3 is 2.82 bits per heavy atom. The summed E-state index contributed by atoms with van der Waals surface area (Å²) < 4.78 is 0. The van der Waals surface area contributed by atoms with E-state index in [0.29, 0.717) is 6.42 Å². The first-order valence-corrected chi connectivity index (χ1v) is 7.94. The van der Waals surface area contributed by atoms with Gasteiger partial charge in [0.05, 0.1) is 12.1 Å². The average molecular weight is 259 g/mol. The van der Waals surface area contributed by atoms with Crippen LogP contribution in [0.1, 0.15) is 51.9 Å². The SMILES string of the molecule is CCCCSCCC(=O)NC1CCCCC1O. The second kappa shape index (κ2) is 8.81. The van der Waals surface area contributed by atoms with E-state index in [4.69, 9.17) is 0 Å². The third-order valence-corrected chi connectivity index (χ3v) is 4.26. The van der Waals surface area contributed by atoms with Gasteiger partial charge in [0.15, 0.2) is 0 Å². The molecule has 0 aromatic carbocycles. The van der Waals surface area contributed by atoms with Gasteiger partial charge in [-0.25, -0.2) is 0 Å². The van der Waals surface area contributed by atoms with Gasteiger partial charge >= 0.3 is 0 Å². The van der Waals surface area contributed by atoms with E-state index in [0.717, 1.165) is 37.2 Å². The Balaban J connectivity index is 2.07. The molecular weight excluding hydrogens is 234 g/mol. The summed E-state index contributed by atoms with van der Waals surface area (Å²) in [7, 11) is 0. The summed E-state index contributed by atoms with van der Waals surface area (Å²) in [5.74, 6) is 2.14. The lowest BCUT2D eigenvalue weighted by Gasteiger charge is -2.28. The molecule has 1 fully saturated rings. The lowest BCUT2D eigenvalue weighted by Crippen LogP contribution is -2.45. The fourth-order valence-electron chi connectivity index (χ4n) is 2.07. The van der Waals surface area contributed by atoms with Crippen LogP contribution in [-0.4, -0.2) is 34.7 Å². The van der Waals surface area contributed by atoms with Crippen LogP contribution in [0.5, 0.6) is 0 Å². The van der Waals surface area contributed by atoms with E-state index in [2.05, 4.69) is 12.2 Å². The highest BCUT2D eigenvalue weighted by molar-refractivity contribution is 7.99. The van der Waals surface area contributed by atoms with Gasteiger partial charge in [-0.2, -0.15) is 11.8 Å². The zero-order valence-corrected chi connectivity index (χ0v) is 11.6. The lowest BCUT2D eigenvalue weighted by atomic mass is 9.92. The molecule has 0 radical (unpaired) electrons. The molecule has 2 N–H and O–H groups in total. The Morgan fingerprint density at radius 2 is 2.12 bits per heavy atom. The molecule has 0 aromatic heterocycles. The normalized spacial score (nSPS) is 24.6. The molecule has 1 aliphatic rings. The molecule has 0 heterocycles. The van der Waals surface area contributed by atoms with Crippen molar-refractivity contribution in [3.63, 3.8) is 0 Å². The van der Waals surface area contributed by atoms with Crippen molar-refractivity contribution in [2.75, 3.05) is 11.5 Å². The summed E-state index contributed by atoms with van der Waals surface area (Å²) >= 11 is 1.85. The number of amides is 1. The van der Waals surface area contributed by atoms with E-state index in [1.165, 1.54) is 12.8 Å². The fourth-order valence-corrected chi connectivity index (χ4v) is 3.10. The summed E-state index contributed by atoms with van der Waals surface area (Å²) in [6.45, 7) is 2.18. The van der Waals surface area contributed by atoms with E-state index >= 15 is 0 Å². The van der Waals surface area contributed by atoms with E-state index in [1.54, 1.807) is 0 Å². The summed E-state index contributed by atoms with van der Waals surface area (Å²) in [6, 6.07) is -0.00288. The molecule has 1 aliphatic carbocycles. The van der Waals surface area contributed by atoms with Crippen molar-refractivity contribution < 1.29 is 9.90 Å². The van der Waals surface area contributed by atoms with Gasteiger partial charge in [-0.1, -0.05) is 26.2 Å². The van der Waals surface area contributed by atoms with Crippen LogP contribution in [0.15, 0.2) is 0 Å². The summed E-state index contributed by atoms with van der Waals surface area (Å²) in [4.78, 5) is 11.7. The summed E-state index contributed by atoms with van der Waals surface area (Å²) in [5.41, 5.74) is 0. The van der Waals surface area contributed by atoms with Crippen molar-refractivity contribution in [2.24, 2.45) is 0 Å². The van der Waals surface area contributed by atoms with E-state index in [-0.39, 0.29) is 18.1 Å². The monoisotopic (exact) mass is 259 g/mol. The molecule has 0 aromatic rings. The van der Waals surface area contributed by atoms with Crippen LogP contribution >= 0.6 is 11.8 Å². The molecule has 17 heavy (non-hydrogen) atoms. The van der Waals surface area contributed by atoms with Crippen LogP contribution in [0.25, 0.3) is 0 Å². The molecule has 1 saturated carbocycles. The minimum atomic E-state index is -0.333. The van der Waals surface area contributed by atoms with Gasteiger partial charge in [-0.3, -0.25) is 4.79 Å². The largest absolute Gasteiger partial charge is 0.391 e. The van der Waals surface area contributed by atoms with Gasteiger partial charge in [-0.15, -0.1) is 0 Å². The molecule has 2 unspecified atom stereocenters. The molecule has 0 spiro atoms. The fraction of sp³-hybridized carbons (Fsp3) is 0.923. The Bertz CT molecular complexity index is 223. The number of nitrogens with one attached hydrogen (secondary N) is 1. The van der Waals surface area contributed by atoms with Gasteiger partial charge in [0.25, 0.3) is 0 Å². The highest BCUT2D eigenvalue weighted by Crippen LogP contribution is 2.18. The number of carbonyl (C=O) groups is 1. The van der Waals surface area contributed by atoms with Crippen LogP contribution in [0.2, 0.25) is 0 Å². The maximum absolute atomic E-state index is 11.7. The molecule has 4 heteroatoms. The van der Waals surface area contributed by atoms with Crippen molar-refractivity contribution in [1.82, 2.24) is 5.32 Å². The standard InChI is InChI=1S/C13H25NO2S/c1-2-3-9-17-10-8-13(16)14-11-6-4-5-7-12(11)15/h11-12,15H,2-10H2,1H3,(H,14,16). The first-order chi connectivity index (χ1) is 8.24. The molecular formula is C13H25NO2S. The molecule has 0 saturated heterocycles. The van der Waals surface area contributed by atoms with Crippen molar-refractivity contribution >= 4 is 17.7 Å². The second-order valence-corrected chi connectivity index (χ2v) is 5.97. The molecule has 3 nitrogen and oxygen atoms in total. The number of hydrogen-bond donors (Lipinski definition) is 2. The van der Waals surface area contributed by atoms with Crippen molar-refractivity contribution in [2.45, 2.75) is 64.0 Å². The first-order valence-electron chi connectivity index (χ1n) is 6.79. The lowest BCUT2D eigenvalue weighted by molar-refractivity contribution is -0.122. The van der Waals surface area contributed by atoms with E-state index < -0.39 is 0 Å². The van der Waals surface area contributed by atoms with Crippen molar-refractivity contribution in [3.8, 4) is 0 Å². The van der Waals surface area contributed by atoms with Gasteiger partial charge in [0.2, 0.25) is 5.91 Å². The van der Waals surface area contributed by atoms with Crippen LogP contribution in [-0.2, 0) is 4.79 Å². The third-order valence-electron chi connectivity index (χ3n) is 3.19. The van der Waals surface area contributed by atoms with E-state index in [1.807, 2.05) is 11.8 Å². The van der Waals surface area contributed by atoms with Crippen LogP contribution in [0.4, 0.5) is 0 Å². The maximum Gasteiger partial charge on any atom is 0.221 e. The minimum Gasteiger partial charge on any atom is -0.391 e. The van der Waals surface area contributed by atoms with Crippen LogP contribution < -0.4 is 5.32 Å². The Hall–Kier alpha value is -0.220. The van der Waals surface area contributed by atoms with E-state index in [9.17, 15) is 9.90 Å². The van der Waals surface area contributed by atoms with Gasteiger partial charge in [-0.05, 0) is 25.0 Å². The Morgan fingerprint density at radius 1 is 1.35 bits per heavy atom. The highest BCUT2D eigenvalue weighted by atomic mass is 32.2.